The molecule has 0 radical (unpaired) electrons. The molecule has 7 heteroatoms. The maximum Gasteiger partial charge on any atom is 0.325 e. The van der Waals surface area contributed by atoms with Crippen LogP contribution < -0.4 is 0 Å². The molecule has 7 nitrogen and oxygen atoms in total. The Bertz CT molecular complexity index is 614. The minimum Gasteiger partial charge on any atom is -0.480 e. The molecule has 2 heterocycles. The highest BCUT2D eigenvalue weighted by molar-refractivity contribution is 5.66. The predicted molar refractivity (Wildman–Crippen MR) is 67.9 cm³/mol. The van der Waals surface area contributed by atoms with Gasteiger partial charge in [0.05, 0.1) is 5.69 Å². The van der Waals surface area contributed by atoms with Crippen LogP contribution in [-0.4, -0.2) is 35.6 Å². The van der Waals surface area contributed by atoms with Crippen LogP contribution in [0.3, 0.4) is 0 Å². The van der Waals surface area contributed by atoms with Gasteiger partial charge < -0.3 is 5.11 Å². The van der Waals surface area contributed by atoms with E-state index < -0.39 is 5.97 Å². The first-order valence-electron chi connectivity index (χ1n) is 6.04. The van der Waals surface area contributed by atoms with Gasteiger partial charge in [0, 0.05) is 5.69 Å². The number of rotatable bonds is 4. The van der Waals surface area contributed by atoms with E-state index in [4.69, 9.17) is 5.11 Å². The van der Waals surface area contributed by atoms with Crippen LogP contribution in [0.5, 0.6) is 0 Å². The third-order valence-electron chi connectivity index (χ3n) is 2.88. The van der Waals surface area contributed by atoms with Crippen LogP contribution in [0, 0.1) is 20.8 Å². The van der Waals surface area contributed by atoms with Crippen molar-refractivity contribution in [1.82, 2.24) is 24.5 Å². The lowest BCUT2D eigenvalue weighted by Gasteiger charge is -2.14. The first-order valence-corrected chi connectivity index (χ1v) is 6.04. The van der Waals surface area contributed by atoms with Gasteiger partial charge in [0.1, 0.15) is 18.4 Å². The van der Waals surface area contributed by atoms with Crippen LogP contribution in [0.25, 0.3) is 0 Å². The molecule has 2 aromatic rings. The molecule has 0 saturated carbocycles. The lowest BCUT2D eigenvalue weighted by atomic mass is 10.3. The molecule has 0 aliphatic heterocycles. The Labute approximate surface area is 110 Å². The topological polar surface area (TPSA) is 85.8 Å². The SMILES string of the molecule is Cc1cc(C)n(C(C)c2nc(C)nn2CC(=O)O)n1. The zero-order valence-corrected chi connectivity index (χ0v) is 11.5. The van der Waals surface area contributed by atoms with E-state index in [-0.39, 0.29) is 12.6 Å². The first kappa shape index (κ1) is 13.3. The van der Waals surface area contributed by atoms with Crippen molar-refractivity contribution in [3.8, 4) is 0 Å². The fourth-order valence-corrected chi connectivity index (χ4v) is 2.17. The molecule has 19 heavy (non-hydrogen) atoms. The van der Waals surface area contributed by atoms with Crippen molar-refractivity contribution in [3.05, 3.63) is 29.1 Å². The molecule has 0 saturated heterocycles. The highest BCUT2D eigenvalue weighted by Gasteiger charge is 2.20. The molecule has 0 amide bonds. The zero-order valence-electron chi connectivity index (χ0n) is 11.5. The van der Waals surface area contributed by atoms with E-state index in [1.54, 1.807) is 6.92 Å². The number of aryl methyl sites for hydroxylation is 3. The number of hydrogen-bond donors (Lipinski definition) is 1. The molecule has 0 bridgehead atoms. The van der Waals surface area contributed by atoms with E-state index in [0.717, 1.165) is 11.4 Å². The van der Waals surface area contributed by atoms with Crippen LogP contribution >= 0.6 is 0 Å². The lowest BCUT2D eigenvalue weighted by Crippen LogP contribution is -2.19. The fraction of sp³-hybridized carbons (Fsp3) is 0.500. The van der Waals surface area contributed by atoms with Crippen molar-refractivity contribution in [2.45, 2.75) is 40.3 Å². The molecular formula is C12H17N5O2. The van der Waals surface area contributed by atoms with E-state index in [1.807, 2.05) is 31.5 Å². The van der Waals surface area contributed by atoms with Gasteiger partial charge in [0.2, 0.25) is 0 Å². The Morgan fingerprint density at radius 2 is 2.05 bits per heavy atom. The number of nitrogens with zero attached hydrogens (tertiary/aromatic N) is 5. The molecule has 1 unspecified atom stereocenters. The smallest absolute Gasteiger partial charge is 0.325 e. The Kier molecular flexibility index (Phi) is 3.37. The Morgan fingerprint density at radius 1 is 1.37 bits per heavy atom. The van der Waals surface area contributed by atoms with E-state index in [0.29, 0.717) is 11.6 Å². The van der Waals surface area contributed by atoms with Crippen LogP contribution in [0.4, 0.5) is 0 Å². The number of carbonyl (C=O) groups is 1. The van der Waals surface area contributed by atoms with E-state index >= 15 is 0 Å². The van der Waals surface area contributed by atoms with Gasteiger partial charge in [0.25, 0.3) is 0 Å². The maximum atomic E-state index is 10.8. The number of hydrogen-bond acceptors (Lipinski definition) is 4. The summed E-state index contributed by atoms with van der Waals surface area (Å²) in [5.74, 6) is 0.224. The fourth-order valence-electron chi connectivity index (χ4n) is 2.17. The Hall–Kier alpha value is -2.18. The predicted octanol–water partition coefficient (Wildman–Crippen LogP) is 1.09. The van der Waals surface area contributed by atoms with Gasteiger partial charge in [-0.15, -0.1) is 0 Å². The molecule has 1 atom stereocenters. The summed E-state index contributed by atoms with van der Waals surface area (Å²) < 4.78 is 3.25. The zero-order chi connectivity index (χ0) is 14.2. The Morgan fingerprint density at radius 3 is 2.58 bits per heavy atom. The minimum absolute atomic E-state index is 0.158. The Balaban J connectivity index is 2.40. The summed E-state index contributed by atoms with van der Waals surface area (Å²) in [7, 11) is 0. The maximum absolute atomic E-state index is 10.8. The molecule has 0 aliphatic rings. The summed E-state index contributed by atoms with van der Waals surface area (Å²) >= 11 is 0. The van der Waals surface area contributed by atoms with Crippen LogP contribution in [0.15, 0.2) is 6.07 Å². The monoisotopic (exact) mass is 263 g/mol. The summed E-state index contributed by atoms with van der Waals surface area (Å²) in [6, 6.07) is 1.82. The molecule has 2 rings (SSSR count). The molecule has 2 aromatic heterocycles. The second-order valence-corrected chi connectivity index (χ2v) is 4.62. The summed E-state index contributed by atoms with van der Waals surface area (Å²) in [6.45, 7) is 7.36. The van der Waals surface area contributed by atoms with Gasteiger partial charge in [-0.2, -0.15) is 10.2 Å². The van der Waals surface area contributed by atoms with Gasteiger partial charge in [-0.25, -0.2) is 9.67 Å². The largest absolute Gasteiger partial charge is 0.480 e. The molecule has 0 aliphatic carbocycles. The van der Waals surface area contributed by atoms with Crippen molar-refractivity contribution in [3.63, 3.8) is 0 Å². The average Bonchev–Trinajstić information content (AvgIpc) is 2.80. The van der Waals surface area contributed by atoms with E-state index in [1.165, 1.54) is 4.68 Å². The summed E-state index contributed by atoms with van der Waals surface area (Å²) in [4.78, 5) is 15.2. The second-order valence-electron chi connectivity index (χ2n) is 4.62. The minimum atomic E-state index is -0.938. The normalized spacial score (nSPS) is 12.6. The van der Waals surface area contributed by atoms with Crippen LogP contribution in [0.2, 0.25) is 0 Å². The highest BCUT2D eigenvalue weighted by atomic mass is 16.4. The van der Waals surface area contributed by atoms with Crippen LogP contribution in [-0.2, 0) is 11.3 Å². The summed E-state index contributed by atoms with van der Waals surface area (Å²) in [5, 5.41) is 17.4. The highest BCUT2D eigenvalue weighted by Crippen LogP contribution is 2.18. The molecule has 0 aromatic carbocycles. The molecule has 0 fully saturated rings. The van der Waals surface area contributed by atoms with Gasteiger partial charge in [0.15, 0.2) is 5.82 Å². The molecule has 102 valence electrons. The van der Waals surface area contributed by atoms with Crippen LogP contribution in [0.1, 0.15) is 36.0 Å². The first-order chi connectivity index (χ1) is 8.88. The van der Waals surface area contributed by atoms with Crippen molar-refractivity contribution in [1.29, 1.82) is 0 Å². The third kappa shape index (κ3) is 2.64. The molecule has 1 N–H and O–H groups in total. The van der Waals surface area contributed by atoms with E-state index in [2.05, 4.69) is 15.2 Å². The van der Waals surface area contributed by atoms with Crippen molar-refractivity contribution >= 4 is 5.97 Å². The second kappa shape index (κ2) is 4.83. The number of carboxylic acid groups (broad SMARTS) is 1. The van der Waals surface area contributed by atoms with Gasteiger partial charge >= 0.3 is 5.97 Å². The van der Waals surface area contributed by atoms with Gasteiger partial charge in [-0.3, -0.25) is 9.48 Å². The number of carboxylic acids is 1. The molecular weight excluding hydrogens is 246 g/mol. The van der Waals surface area contributed by atoms with E-state index in [9.17, 15) is 4.79 Å². The lowest BCUT2D eigenvalue weighted by molar-refractivity contribution is -0.137. The number of aromatic nitrogens is 5. The third-order valence-corrected chi connectivity index (χ3v) is 2.88. The molecule has 0 spiro atoms. The quantitative estimate of drug-likeness (QED) is 0.892. The van der Waals surface area contributed by atoms with Gasteiger partial charge in [-0.05, 0) is 33.8 Å². The number of aliphatic carboxylic acids is 1. The van der Waals surface area contributed by atoms with Gasteiger partial charge in [-0.1, -0.05) is 0 Å². The van der Waals surface area contributed by atoms with Crippen molar-refractivity contribution in [2.75, 3.05) is 0 Å². The average molecular weight is 263 g/mol. The standard InChI is InChI=1S/C12H17N5O2/c1-7-5-8(2)17(14-7)9(3)12-13-10(4)15-16(12)6-11(18)19/h5,9H,6H2,1-4H3,(H,18,19). The summed E-state index contributed by atoms with van der Waals surface area (Å²) in [5.41, 5.74) is 1.93. The summed E-state index contributed by atoms with van der Waals surface area (Å²) in [6.07, 6.45) is 0. The van der Waals surface area contributed by atoms with Crippen molar-refractivity contribution in [2.24, 2.45) is 0 Å². The van der Waals surface area contributed by atoms with Crippen molar-refractivity contribution < 1.29 is 9.90 Å².